The summed E-state index contributed by atoms with van der Waals surface area (Å²) in [6, 6.07) is 7.23. The number of hydrogen-bond acceptors (Lipinski definition) is 8. The van der Waals surface area contributed by atoms with E-state index >= 15 is 0 Å². The lowest BCUT2D eigenvalue weighted by Gasteiger charge is -2.26. The highest BCUT2D eigenvalue weighted by molar-refractivity contribution is 7.90. The van der Waals surface area contributed by atoms with Crippen LogP contribution in [0.15, 0.2) is 40.1 Å². The van der Waals surface area contributed by atoms with Gasteiger partial charge < -0.3 is 4.52 Å². The molecule has 3 heterocycles. The number of aromatic nitrogens is 4. The van der Waals surface area contributed by atoms with Gasteiger partial charge in [-0.3, -0.25) is 4.90 Å². The van der Waals surface area contributed by atoms with Gasteiger partial charge in [0, 0.05) is 48.1 Å². The van der Waals surface area contributed by atoms with E-state index in [4.69, 9.17) is 16.1 Å². The second-order valence-corrected chi connectivity index (χ2v) is 8.72. The van der Waals surface area contributed by atoms with E-state index in [2.05, 4.69) is 25.0 Å². The third kappa shape index (κ3) is 4.00. The molecule has 0 saturated heterocycles. The SMILES string of the molecule is CS(=O)(=O)c1ncc2c(n1)CCN(Cc1nc(-c3ccc(Cl)cc3)no1)C2. The molecule has 8 nitrogen and oxygen atoms in total. The molecule has 0 saturated carbocycles. The molecule has 1 aliphatic heterocycles. The molecule has 0 amide bonds. The summed E-state index contributed by atoms with van der Waals surface area (Å²) < 4.78 is 28.5. The number of hydrogen-bond donors (Lipinski definition) is 0. The Labute approximate surface area is 161 Å². The molecule has 2 aromatic heterocycles. The fraction of sp³-hybridized carbons (Fsp3) is 0.294. The molecule has 4 rings (SSSR count). The van der Waals surface area contributed by atoms with Gasteiger partial charge in [0.2, 0.25) is 26.7 Å². The molecule has 0 spiro atoms. The Bertz CT molecular complexity index is 1080. The molecule has 0 radical (unpaired) electrons. The number of benzene rings is 1. The average molecular weight is 406 g/mol. The number of sulfone groups is 1. The molecule has 0 unspecified atom stereocenters. The summed E-state index contributed by atoms with van der Waals surface area (Å²) in [5.41, 5.74) is 2.51. The van der Waals surface area contributed by atoms with Crippen molar-refractivity contribution in [1.29, 1.82) is 0 Å². The van der Waals surface area contributed by atoms with Crippen LogP contribution < -0.4 is 0 Å². The quantitative estimate of drug-likeness (QED) is 0.608. The highest BCUT2D eigenvalue weighted by Gasteiger charge is 2.22. The average Bonchev–Trinajstić information content (AvgIpc) is 3.09. The smallest absolute Gasteiger partial charge is 0.246 e. The van der Waals surface area contributed by atoms with Gasteiger partial charge in [0.25, 0.3) is 0 Å². The van der Waals surface area contributed by atoms with Gasteiger partial charge in [-0.05, 0) is 24.3 Å². The van der Waals surface area contributed by atoms with Crippen molar-refractivity contribution >= 4 is 21.4 Å². The lowest BCUT2D eigenvalue weighted by molar-refractivity contribution is 0.208. The fourth-order valence-corrected chi connectivity index (χ4v) is 3.54. The first kappa shape index (κ1) is 18.0. The minimum atomic E-state index is -3.40. The molecule has 0 N–H and O–H groups in total. The number of fused-ring (bicyclic) bond motifs is 1. The van der Waals surface area contributed by atoms with E-state index in [1.54, 1.807) is 18.3 Å². The summed E-state index contributed by atoms with van der Waals surface area (Å²) >= 11 is 5.89. The first-order valence-electron chi connectivity index (χ1n) is 8.24. The molecule has 0 bridgehead atoms. The van der Waals surface area contributed by atoms with E-state index in [9.17, 15) is 8.42 Å². The van der Waals surface area contributed by atoms with Crippen molar-refractivity contribution in [2.45, 2.75) is 24.7 Å². The van der Waals surface area contributed by atoms with Crippen LogP contribution in [-0.2, 0) is 29.3 Å². The first-order chi connectivity index (χ1) is 12.9. The summed E-state index contributed by atoms with van der Waals surface area (Å²) in [5.74, 6) is 1.03. The molecular formula is C17H16ClN5O3S. The number of nitrogens with zero attached hydrogens (tertiary/aromatic N) is 5. The normalized spacial score (nSPS) is 14.9. The van der Waals surface area contributed by atoms with Crippen molar-refractivity contribution in [2.24, 2.45) is 0 Å². The van der Waals surface area contributed by atoms with E-state index in [0.29, 0.717) is 42.8 Å². The van der Waals surface area contributed by atoms with Crippen LogP contribution in [0.1, 0.15) is 17.1 Å². The van der Waals surface area contributed by atoms with Crippen molar-refractivity contribution in [3.8, 4) is 11.4 Å². The van der Waals surface area contributed by atoms with Crippen LogP contribution in [-0.4, -0.2) is 46.2 Å². The second kappa shape index (κ2) is 6.99. The Kier molecular flexibility index (Phi) is 4.67. The second-order valence-electron chi connectivity index (χ2n) is 6.38. The summed E-state index contributed by atoms with van der Waals surface area (Å²) in [6.45, 7) is 1.80. The standard InChI is InChI=1S/C17H16ClN5O3S/c1-27(24,25)17-19-8-12-9-23(7-6-14(12)20-17)10-15-21-16(22-26-15)11-2-4-13(18)5-3-11/h2-5,8H,6-7,9-10H2,1H3. The third-order valence-electron chi connectivity index (χ3n) is 4.25. The van der Waals surface area contributed by atoms with Crippen LogP contribution >= 0.6 is 11.6 Å². The molecule has 140 valence electrons. The van der Waals surface area contributed by atoms with Crippen molar-refractivity contribution < 1.29 is 12.9 Å². The van der Waals surface area contributed by atoms with E-state index in [1.807, 2.05) is 12.1 Å². The van der Waals surface area contributed by atoms with Gasteiger partial charge in [-0.2, -0.15) is 4.98 Å². The molecule has 1 aliphatic rings. The minimum absolute atomic E-state index is 0.126. The Morgan fingerprint density at radius 3 is 2.74 bits per heavy atom. The topological polar surface area (TPSA) is 102 Å². The fourth-order valence-electron chi connectivity index (χ4n) is 2.90. The van der Waals surface area contributed by atoms with Crippen LogP contribution in [0, 0.1) is 0 Å². The van der Waals surface area contributed by atoms with Gasteiger partial charge >= 0.3 is 0 Å². The zero-order valence-electron chi connectivity index (χ0n) is 14.5. The maximum absolute atomic E-state index is 11.6. The van der Waals surface area contributed by atoms with Gasteiger partial charge in [-0.25, -0.2) is 18.4 Å². The Hall–Kier alpha value is -2.36. The molecule has 10 heteroatoms. The first-order valence-corrected chi connectivity index (χ1v) is 10.5. The predicted molar refractivity (Wildman–Crippen MR) is 97.7 cm³/mol. The molecule has 3 aromatic rings. The lowest BCUT2D eigenvalue weighted by Crippen LogP contribution is -2.31. The molecular weight excluding hydrogens is 390 g/mol. The van der Waals surface area contributed by atoms with E-state index in [0.717, 1.165) is 23.1 Å². The maximum Gasteiger partial charge on any atom is 0.246 e. The molecule has 0 atom stereocenters. The molecule has 1 aromatic carbocycles. The molecule has 0 fully saturated rings. The largest absolute Gasteiger partial charge is 0.338 e. The van der Waals surface area contributed by atoms with Crippen LogP contribution in [0.25, 0.3) is 11.4 Å². The van der Waals surface area contributed by atoms with Crippen LogP contribution in [0.2, 0.25) is 5.02 Å². The van der Waals surface area contributed by atoms with Crippen molar-refractivity contribution in [3.63, 3.8) is 0 Å². The van der Waals surface area contributed by atoms with Gasteiger partial charge in [0.1, 0.15) is 0 Å². The van der Waals surface area contributed by atoms with Gasteiger partial charge in [-0.15, -0.1) is 0 Å². The lowest BCUT2D eigenvalue weighted by atomic mass is 10.1. The van der Waals surface area contributed by atoms with Gasteiger partial charge in [0.15, 0.2) is 0 Å². The van der Waals surface area contributed by atoms with E-state index in [1.165, 1.54) is 0 Å². The van der Waals surface area contributed by atoms with Crippen molar-refractivity contribution in [3.05, 3.63) is 52.6 Å². The zero-order valence-corrected chi connectivity index (χ0v) is 16.0. The predicted octanol–water partition coefficient (Wildman–Crippen LogP) is 2.14. The summed E-state index contributed by atoms with van der Waals surface area (Å²) in [4.78, 5) is 14.7. The Morgan fingerprint density at radius 1 is 1.22 bits per heavy atom. The highest BCUT2D eigenvalue weighted by atomic mass is 35.5. The van der Waals surface area contributed by atoms with Crippen molar-refractivity contribution in [1.82, 2.24) is 25.0 Å². The van der Waals surface area contributed by atoms with Crippen LogP contribution in [0.3, 0.4) is 0 Å². The maximum atomic E-state index is 11.6. The summed E-state index contributed by atoms with van der Waals surface area (Å²) in [7, 11) is -3.40. The zero-order chi connectivity index (χ0) is 19.0. The summed E-state index contributed by atoms with van der Waals surface area (Å²) in [6.07, 6.45) is 3.33. The minimum Gasteiger partial charge on any atom is -0.338 e. The van der Waals surface area contributed by atoms with E-state index < -0.39 is 9.84 Å². The molecule has 0 aliphatic carbocycles. The summed E-state index contributed by atoms with van der Waals surface area (Å²) in [5, 5.41) is 4.54. The van der Waals surface area contributed by atoms with Crippen molar-refractivity contribution in [2.75, 3.05) is 12.8 Å². The number of halogens is 1. The van der Waals surface area contributed by atoms with Crippen LogP contribution in [0.5, 0.6) is 0 Å². The van der Waals surface area contributed by atoms with Gasteiger partial charge in [0.05, 0.1) is 12.2 Å². The van der Waals surface area contributed by atoms with E-state index in [-0.39, 0.29) is 5.16 Å². The molecule has 27 heavy (non-hydrogen) atoms. The monoisotopic (exact) mass is 405 g/mol. The van der Waals surface area contributed by atoms with Gasteiger partial charge in [-0.1, -0.05) is 16.8 Å². The highest BCUT2D eigenvalue weighted by Crippen LogP contribution is 2.22. The Balaban J connectivity index is 1.47. The number of rotatable bonds is 4. The van der Waals surface area contributed by atoms with Crippen LogP contribution in [0.4, 0.5) is 0 Å². The third-order valence-corrected chi connectivity index (χ3v) is 5.36. The Morgan fingerprint density at radius 2 is 2.00 bits per heavy atom.